The van der Waals surface area contributed by atoms with Crippen LogP contribution in [0.15, 0.2) is 24.4 Å². The summed E-state index contributed by atoms with van der Waals surface area (Å²) in [5, 5.41) is 9.04. The van der Waals surface area contributed by atoms with E-state index < -0.39 is 0 Å². The first kappa shape index (κ1) is 14.4. The first-order valence-corrected chi connectivity index (χ1v) is 7.03. The predicted molar refractivity (Wildman–Crippen MR) is 80.4 cm³/mol. The number of hydrogen-bond donors (Lipinski definition) is 1. The fourth-order valence-corrected chi connectivity index (χ4v) is 2.65. The second-order valence-electron chi connectivity index (χ2n) is 4.47. The molecule has 1 atom stereocenters. The maximum absolute atomic E-state index is 6.23. The molecule has 0 saturated carbocycles. The van der Waals surface area contributed by atoms with E-state index in [0.717, 1.165) is 17.9 Å². The summed E-state index contributed by atoms with van der Waals surface area (Å²) in [5.74, 6) is 0. The van der Waals surface area contributed by atoms with Crippen molar-refractivity contribution in [3.8, 4) is 5.69 Å². The molecule has 0 aliphatic carbocycles. The van der Waals surface area contributed by atoms with Gasteiger partial charge < -0.3 is 5.32 Å². The Bertz CT molecular complexity index is 578. The van der Waals surface area contributed by atoms with Crippen LogP contribution in [0.25, 0.3) is 5.69 Å². The molecule has 1 heterocycles. The van der Waals surface area contributed by atoms with E-state index in [4.69, 9.17) is 23.2 Å². The second kappa shape index (κ2) is 5.95. The maximum atomic E-state index is 6.23. The van der Waals surface area contributed by atoms with Crippen molar-refractivity contribution in [1.82, 2.24) is 15.1 Å². The van der Waals surface area contributed by atoms with Crippen molar-refractivity contribution in [2.24, 2.45) is 0 Å². The zero-order chi connectivity index (χ0) is 14.0. The molecule has 0 amide bonds. The van der Waals surface area contributed by atoms with Crippen molar-refractivity contribution in [3.05, 3.63) is 45.7 Å². The van der Waals surface area contributed by atoms with E-state index in [2.05, 4.69) is 24.3 Å². The van der Waals surface area contributed by atoms with Gasteiger partial charge in [0.05, 0.1) is 16.9 Å². The molecule has 2 aromatic rings. The largest absolute Gasteiger partial charge is 0.310 e. The molecular weight excluding hydrogens is 281 g/mol. The first-order valence-electron chi connectivity index (χ1n) is 6.28. The smallest absolute Gasteiger partial charge is 0.0836 e. The molecule has 1 N–H and O–H groups in total. The van der Waals surface area contributed by atoms with Crippen molar-refractivity contribution >= 4 is 23.2 Å². The summed E-state index contributed by atoms with van der Waals surface area (Å²) in [6.45, 7) is 7.18. The molecular formula is C14H17Cl2N3. The Balaban J connectivity index is 2.41. The van der Waals surface area contributed by atoms with E-state index >= 15 is 0 Å². The van der Waals surface area contributed by atoms with Gasteiger partial charge in [-0.05, 0) is 38.6 Å². The molecule has 2 rings (SSSR count). The summed E-state index contributed by atoms with van der Waals surface area (Å²) in [6, 6.07) is 5.70. The van der Waals surface area contributed by atoms with Crippen molar-refractivity contribution in [2.75, 3.05) is 6.54 Å². The van der Waals surface area contributed by atoms with Gasteiger partial charge in [-0.15, -0.1) is 0 Å². The van der Waals surface area contributed by atoms with E-state index in [-0.39, 0.29) is 6.04 Å². The third kappa shape index (κ3) is 2.94. The Morgan fingerprint density at radius 2 is 2.11 bits per heavy atom. The third-order valence-electron chi connectivity index (χ3n) is 3.16. The fraction of sp³-hybridized carbons (Fsp3) is 0.357. The Kier molecular flexibility index (Phi) is 4.50. The molecule has 0 bridgehead atoms. The zero-order valence-electron chi connectivity index (χ0n) is 11.2. The summed E-state index contributed by atoms with van der Waals surface area (Å²) in [6.07, 6.45) is 1.88. The van der Waals surface area contributed by atoms with Crippen molar-refractivity contribution < 1.29 is 0 Å². The van der Waals surface area contributed by atoms with Crippen LogP contribution in [0.2, 0.25) is 10.0 Å². The van der Waals surface area contributed by atoms with Crippen LogP contribution in [0.3, 0.4) is 0 Å². The Morgan fingerprint density at radius 3 is 2.74 bits per heavy atom. The average Bonchev–Trinajstić information content (AvgIpc) is 2.72. The van der Waals surface area contributed by atoms with Crippen molar-refractivity contribution in [1.29, 1.82) is 0 Å². The Morgan fingerprint density at radius 1 is 1.37 bits per heavy atom. The monoisotopic (exact) mass is 297 g/mol. The van der Waals surface area contributed by atoms with Gasteiger partial charge >= 0.3 is 0 Å². The van der Waals surface area contributed by atoms with Gasteiger partial charge in [0.15, 0.2) is 0 Å². The molecule has 0 aliphatic heterocycles. The third-order valence-corrected chi connectivity index (χ3v) is 3.70. The van der Waals surface area contributed by atoms with Gasteiger partial charge in [-0.1, -0.05) is 30.1 Å². The van der Waals surface area contributed by atoms with Crippen LogP contribution in [0, 0.1) is 6.92 Å². The number of aromatic nitrogens is 2. The van der Waals surface area contributed by atoms with Crippen LogP contribution >= 0.6 is 23.2 Å². The van der Waals surface area contributed by atoms with E-state index in [1.165, 1.54) is 5.56 Å². The van der Waals surface area contributed by atoms with Crippen molar-refractivity contribution in [3.63, 3.8) is 0 Å². The molecule has 0 fully saturated rings. The summed E-state index contributed by atoms with van der Waals surface area (Å²) in [5.41, 5.74) is 3.10. The molecule has 102 valence electrons. The minimum atomic E-state index is 0.268. The molecule has 3 nitrogen and oxygen atoms in total. The lowest BCUT2D eigenvalue weighted by Crippen LogP contribution is -2.18. The van der Waals surface area contributed by atoms with Gasteiger partial charge in [0, 0.05) is 22.3 Å². The minimum Gasteiger partial charge on any atom is -0.310 e. The lowest BCUT2D eigenvalue weighted by atomic mass is 10.1. The summed E-state index contributed by atoms with van der Waals surface area (Å²) >= 11 is 12.1. The lowest BCUT2D eigenvalue weighted by molar-refractivity contribution is 0.594. The maximum Gasteiger partial charge on any atom is 0.0836 e. The van der Waals surface area contributed by atoms with Crippen LogP contribution in [-0.2, 0) is 0 Å². The Labute approximate surface area is 123 Å². The summed E-state index contributed by atoms with van der Waals surface area (Å²) < 4.78 is 1.85. The van der Waals surface area contributed by atoms with Crippen LogP contribution in [0.5, 0.6) is 0 Å². The number of benzene rings is 1. The molecule has 5 heteroatoms. The van der Waals surface area contributed by atoms with E-state index in [1.54, 1.807) is 6.07 Å². The molecule has 19 heavy (non-hydrogen) atoms. The summed E-state index contributed by atoms with van der Waals surface area (Å²) in [4.78, 5) is 0. The topological polar surface area (TPSA) is 29.9 Å². The number of halogens is 2. The van der Waals surface area contributed by atoms with Gasteiger partial charge in [-0.3, -0.25) is 0 Å². The van der Waals surface area contributed by atoms with Crippen LogP contribution in [0.1, 0.15) is 31.1 Å². The van der Waals surface area contributed by atoms with E-state index in [9.17, 15) is 0 Å². The van der Waals surface area contributed by atoms with Gasteiger partial charge in [0.1, 0.15) is 0 Å². The highest BCUT2D eigenvalue weighted by Crippen LogP contribution is 2.27. The molecule has 0 radical (unpaired) electrons. The quantitative estimate of drug-likeness (QED) is 0.918. The van der Waals surface area contributed by atoms with E-state index in [1.807, 2.05) is 29.9 Å². The highest BCUT2D eigenvalue weighted by atomic mass is 35.5. The minimum absolute atomic E-state index is 0.268. The van der Waals surface area contributed by atoms with Crippen LogP contribution in [-0.4, -0.2) is 16.3 Å². The van der Waals surface area contributed by atoms with Gasteiger partial charge in [-0.2, -0.15) is 5.10 Å². The number of hydrogen-bond acceptors (Lipinski definition) is 2. The predicted octanol–water partition coefficient (Wildman–Crippen LogP) is 4.16. The Hall–Kier alpha value is -1.03. The van der Waals surface area contributed by atoms with Crippen molar-refractivity contribution in [2.45, 2.75) is 26.8 Å². The molecule has 1 unspecified atom stereocenters. The SMILES string of the molecule is CCNC(C)c1cnn(-c2ccc(Cl)cc2Cl)c1C. The lowest BCUT2D eigenvalue weighted by Gasteiger charge is -2.13. The standard InChI is InChI=1S/C14H17Cl2N3/c1-4-17-9(2)12-8-18-19(10(12)3)14-6-5-11(15)7-13(14)16/h5-9,17H,4H2,1-3H3. The van der Waals surface area contributed by atoms with E-state index in [0.29, 0.717) is 10.0 Å². The first-order chi connectivity index (χ1) is 9.04. The zero-order valence-corrected chi connectivity index (χ0v) is 12.8. The average molecular weight is 298 g/mol. The molecule has 0 aliphatic rings. The number of rotatable bonds is 4. The van der Waals surface area contributed by atoms with Crippen LogP contribution in [0.4, 0.5) is 0 Å². The second-order valence-corrected chi connectivity index (χ2v) is 5.32. The van der Waals surface area contributed by atoms with Gasteiger partial charge in [-0.25, -0.2) is 4.68 Å². The number of nitrogens with zero attached hydrogens (tertiary/aromatic N) is 2. The molecule has 0 saturated heterocycles. The number of nitrogens with one attached hydrogen (secondary N) is 1. The van der Waals surface area contributed by atoms with Gasteiger partial charge in [0.2, 0.25) is 0 Å². The summed E-state index contributed by atoms with van der Waals surface area (Å²) in [7, 11) is 0. The van der Waals surface area contributed by atoms with Crippen LogP contribution < -0.4 is 5.32 Å². The van der Waals surface area contributed by atoms with Gasteiger partial charge in [0.25, 0.3) is 0 Å². The normalized spacial score (nSPS) is 12.7. The highest BCUT2D eigenvalue weighted by Gasteiger charge is 2.14. The fourth-order valence-electron chi connectivity index (χ4n) is 2.16. The molecule has 1 aromatic heterocycles. The molecule has 1 aromatic carbocycles. The highest BCUT2D eigenvalue weighted by molar-refractivity contribution is 6.35. The molecule has 0 spiro atoms.